The Hall–Kier alpha value is -0.610. The molecule has 1 saturated carbocycles. The molecule has 1 aliphatic rings. The minimum Gasteiger partial charge on any atom is -0.480 e. The summed E-state index contributed by atoms with van der Waals surface area (Å²) in [5.74, 6) is -0.864. The van der Waals surface area contributed by atoms with Crippen LogP contribution in [0.1, 0.15) is 33.1 Å². The molecular weight excluding hydrogens is 180 g/mol. The third kappa shape index (κ3) is 2.07. The normalized spacial score (nSPS) is 32.9. The molecule has 3 N–H and O–H groups in total. The predicted octanol–water partition coefficient (Wildman–Crippen LogP) is 0.661. The molecule has 14 heavy (non-hydrogen) atoms. The van der Waals surface area contributed by atoms with Crippen molar-refractivity contribution < 1.29 is 9.90 Å². The first kappa shape index (κ1) is 11.5. The summed E-state index contributed by atoms with van der Waals surface area (Å²) in [4.78, 5) is 13.1. The van der Waals surface area contributed by atoms with Gasteiger partial charge in [-0.3, -0.25) is 4.79 Å². The maximum Gasteiger partial charge on any atom is 0.323 e. The van der Waals surface area contributed by atoms with Gasteiger partial charge in [0, 0.05) is 12.1 Å². The largest absolute Gasteiger partial charge is 0.480 e. The molecule has 0 heterocycles. The molecule has 2 unspecified atom stereocenters. The van der Waals surface area contributed by atoms with Gasteiger partial charge in [-0.25, -0.2) is 0 Å². The van der Waals surface area contributed by atoms with Gasteiger partial charge in [0.15, 0.2) is 0 Å². The van der Waals surface area contributed by atoms with Crippen LogP contribution in [0.15, 0.2) is 0 Å². The maximum atomic E-state index is 10.9. The van der Waals surface area contributed by atoms with Crippen molar-refractivity contribution in [1.29, 1.82) is 0 Å². The smallest absolute Gasteiger partial charge is 0.323 e. The van der Waals surface area contributed by atoms with Crippen LogP contribution in [-0.2, 0) is 4.79 Å². The van der Waals surface area contributed by atoms with Gasteiger partial charge in [0.1, 0.15) is 5.54 Å². The van der Waals surface area contributed by atoms with E-state index >= 15 is 0 Å². The van der Waals surface area contributed by atoms with Gasteiger partial charge >= 0.3 is 5.97 Å². The van der Waals surface area contributed by atoms with E-state index in [0.717, 1.165) is 6.42 Å². The summed E-state index contributed by atoms with van der Waals surface area (Å²) in [6.45, 7) is 4.22. The van der Waals surface area contributed by atoms with Gasteiger partial charge in [0.05, 0.1) is 0 Å². The fraction of sp³-hybridized carbons (Fsp3) is 0.900. The molecule has 0 radical (unpaired) electrons. The number of nitrogens with two attached hydrogens (primary N) is 1. The van der Waals surface area contributed by atoms with E-state index in [2.05, 4.69) is 18.7 Å². The van der Waals surface area contributed by atoms with E-state index in [1.165, 1.54) is 0 Å². The van der Waals surface area contributed by atoms with Crippen LogP contribution in [0.5, 0.6) is 0 Å². The monoisotopic (exact) mass is 200 g/mol. The lowest BCUT2D eigenvalue weighted by Gasteiger charge is -2.29. The van der Waals surface area contributed by atoms with Crippen molar-refractivity contribution in [3.05, 3.63) is 0 Å². The lowest BCUT2D eigenvalue weighted by atomic mass is 9.99. The van der Waals surface area contributed by atoms with Crippen molar-refractivity contribution in [2.75, 3.05) is 7.05 Å². The molecule has 1 aliphatic carbocycles. The van der Waals surface area contributed by atoms with Crippen LogP contribution < -0.4 is 5.73 Å². The Morgan fingerprint density at radius 3 is 2.57 bits per heavy atom. The highest BCUT2D eigenvalue weighted by Gasteiger charge is 2.43. The number of carboxylic acids is 1. The molecule has 0 saturated heterocycles. The number of carbonyl (C=O) groups is 1. The Kier molecular flexibility index (Phi) is 3.17. The van der Waals surface area contributed by atoms with Gasteiger partial charge in [0.25, 0.3) is 0 Å². The fourth-order valence-electron chi connectivity index (χ4n) is 2.01. The lowest BCUT2D eigenvalue weighted by molar-refractivity contribution is -0.143. The van der Waals surface area contributed by atoms with Crippen LogP contribution in [0, 0.1) is 0 Å². The zero-order valence-corrected chi connectivity index (χ0v) is 9.16. The highest BCUT2D eigenvalue weighted by molar-refractivity contribution is 5.79. The number of nitrogens with zero attached hydrogens (tertiary/aromatic N) is 1. The zero-order valence-electron chi connectivity index (χ0n) is 9.16. The van der Waals surface area contributed by atoms with Crippen LogP contribution in [-0.4, -0.2) is 40.6 Å². The van der Waals surface area contributed by atoms with Crippen molar-refractivity contribution in [2.24, 2.45) is 5.73 Å². The summed E-state index contributed by atoms with van der Waals surface area (Å²) >= 11 is 0. The van der Waals surface area contributed by atoms with Crippen LogP contribution in [0.3, 0.4) is 0 Å². The quantitative estimate of drug-likeness (QED) is 0.702. The number of carboxylic acid groups (broad SMARTS) is 1. The summed E-state index contributed by atoms with van der Waals surface area (Å²) in [6, 6.07) is 0.757. The SMILES string of the molecule is CC(C)N(C)C1CCC(N)(C(=O)O)C1. The molecule has 0 aromatic rings. The highest BCUT2D eigenvalue weighted by Crippen LogP contribution is 2.31. The fourth-order valence-corrected chi connectivity index (χ4v) is 2.01. The standard InChI is InChI=1S/C10H20N2O2/c1-7(2)12(3)8-4-5-10(11,6-8)9(13)14/h7-8H,4-6,11H2,1-3H3,(H,13,14). The van der Waals surface area contributed by atoms with Gasteiger partial charge in [0.2, 0.25) is 0 Å². The molecule has 0 amide bonds. The molecule has 82 valence electrons. The average molecular weight is 200 g/mol. The Morgan fingerprint density at radius 2 is 2.21 bits per heavy atom. The van der Waals surface area contributed by atoms with E-state index in [9.17, 15) is 4.79 Å². The Labute approximate surface area is 85.1 Å². The van der Waals surface area contributed by atoms with E-state index in [0.29, 0.717) is 24.9 Å². The van der Waals surface area contributed by atoms with E-state index in [-0.39, 0.29) is 0 Å². The second-order valence-corrected chi connectivity index (χ2v) is 4.62. The number of aliphatic carboxylic acids is 1. The molecule has 1 fully saturated rings. The van der Waals surface area contributed by atoms with Gasteiger partial charge in [-0.15, -0.1) is 0 Å². The number of rotatable bonds is 3. The Balaban J connectivity index is 2.61. The first-order chi connectivity index (χ1) is 6.37. The number of hydrogen-bond acceptors (Lipinski definition) is 3. The van der Waals surface area contributed by atoms with Crippen LogP contribution >= 0.6 is 0 Å². The van der Waals surface area contributed by atoms with E-state index in [1.54, 1.807) is 0 Å². The predicted molar refractivity (Wildman–Crippen MR) is 55.1 cm³/mol. The summed E-state index contributed by atoms with van der Waals surface area (Å²) in [7, 11) is 2.03. The summed E-state index contributed by atoms with van der Waals surface area (Å²) in [5, 5.41) is 8.97. The first-order valence-corrected chi connectivity index (χ1v) is 5.11. The molecule has 0 aromatic carbocycles. The van der Waals surface area contributed by atoms with Crippen molar-refractivity contribution in [2.45, 2.75) is 50.7 Å². The van der Waals surface area contributed by atoms with Crippen LogP contribution in [0.25, 0.3) is 0 Å². The third-order valence-corrected chi connectivity index (χ3v) is 3.34. The minimum atomic E-state index is -0.992. The molecule has 0 aromatic heterocycles. The van der Waals surface area contributed by atoms with E-state index < -0.39 is 11.5 Å². The minimum absolute atomic E-state index is 0.316. The molecular formula is C10H20N2O2. The summed E-state index contributed by atoms with van der Waals surface area (Å²) in [6.07, 6.45) is 2.04. The second kappa shape index (κ2) is 3.87. The van der Waals surface area contributed by atoms with Crippen molar-refractivity contribution in [3.63, 3.8) is 0 Å². The summed E-state index contributed by atoms with van der Waals surface area (Å²) < 4.78 is 0. The average Bonchev–Trinajstić information content (AvgIpc) is 2.48. The summed E-state index contributed by atoms with van der Waals surface area (Å²) in [5.41, 5.74) is 4.81. The van der Waals surface area contributed by atoms with E-state index in [4.69, 9.17) is 10.8 Å². The molecule has 1 rings (SSSR count). The van der Waals surface area contributed by atoms with Gasteiger partial charge < -0.3 is 15.7 Å². The lowest BCUT2D eigenvalue weighted by Crippen LogP contribution is -2.47. The Morgan fingerprint density at radius 1 is 1.64 bits per heavy atom. The molecule has 0 bridgehead atoms. The molecule has 0 aliphatic heterocycles. The van der Waals surface area contributed by atoms with Gasteiger partial charge in [-0.05, 0) is 40.2 Å². The van der Waals surface area contributed by atoms with Gasteiger partial charge in [-0.2, -0.15) is 0 Å². The molecule has 0 spiro atoms. The Bertz CT molecular complexity index is 230. The molecule has 4 nitrogen and oxygen atoms in total. The molecule has 4 heteroatoms. The third-order valence-electron chi connectivity index (χ3n) is 3.34. The van der Waals surface area contributed by atoms with E-state index in [1.807, 2.05) is 7.05 Å². The first-order valence-electron chi connectivity index (χ1n) is 5.11. The number of hydrogen-bond donors (Lipinski definition) is 2. The van der Waals surface area contributed by atoms with Crippen molar-refractivity contribution in [1.82, 2.24) is 4.90 Å². The second-order valence-electron chi connectivity index (χ2n) is 4.62. The van der Waals surface area contributed by atoms with Crippen molar-refractivity contribution >= 4 is 5.97 Å². The van der Waals surface area contributed by atoms with Crippen molar-refractivity contribution in [3.8, 4) is 0 Å². The van der Waals surface area contributed by atoms with Gasteiger partial charge in [-0.1, -0.05) is 0 Å². The van der Waals surface area contributed by atoms with Crippen LogP contribution in [0.2, 0.25) is 0 Å². The molecule has 2 atom stereocenters. The topological polar surface area (TPSA) is 66.6 Å². The van der Waals surface area contributed by atoms with Crippen LogP contribution in [0.4, 0.5) is 0 Å². The zero-order chi connectivity index (χ0) is 10.9. The highest BCUT2D eigenvalue weighted by atomic mass is 16.4. The maximum absolute atomic E-state index is 10.9.